The molecule has 4 nitrogen and oxygen atoms in total. The van der Waals surface area contributed by atoms with Gasteiger partial charge in [0.2, 0.25) is 0 Å². The second-order valence-corrected chi connectivity index (χ2v) is 4.09. The molecular weight excluding hydrogens is 260 g/mol. The number of hydrazine groups is 1. The normalized spacial score (nSPS) is 12.0. The first-order chi connectivity index (χ1) is 7.04. The monoisotopic (exact) mass is 272 g/mol. The van der Waals surface area contributed by atoms with Gasteiger partial charge in [0.25, 0.3) is 5.91 Å². The van der Waals surface area contributed by atoms with Gasteiger partial charge in [-0.3, -0.25) is 10.2 Å². The highest BCUT2D eigenvalue weighted by molar-refractivity contribution is 9.10. The lowest BCUT2D eigenvalue weighted by Gasteiger charge is -2.14. The first-order valence-corrected chi connectivity index (χ1v) is 5.27. The van der Waals surface area contributed by atoms with E-state index in [0.717, 1.165) is 10.0 Å². The van der Waals surface area contributed by atoms with Crippen LogP contribution in [-0.2, 0) is 4.79 Å². The van der Waals surface area contributed by atoms with Gasteiger partial charge in [-0.2, -0.15) is 0 Å². The molecule has 3 N–H and O–H groups in total. The van der Waals surface area contributed by atoms with Crippen molar-refractivity contribution in [3.05, 3.63) is 28.2 Å². The van der Waals surface area contributed by atoms with Crippen LogP contribution in [-0.4, -0.2) is 12.0 Å². The summed E-state index contributed by atoms with van der Waals surface area (Å²) in [5, 5.41) is 0. The zero-order valence-electron chi connectivity index (χ0n) is 8.58. The summed E-state index contributed by atoms with van der Waals surface area (Å²) in [7, 11) is 0. The average Bonchev–Trinajstić information content (AvgIpc) is 2.22. The van der Waals surface area contributed by atoms with Gasteiger partial charge in [-0.25, -0.2) is 5.84 Å². The van der Waals surface area contributed by atoms with Crippen molar-refractivity contribution in [3.63, 3.8) is 0 Å². The molecule has 1 unspecified atom stereocenters. The van der Waals surface area contributed by atoms with Gasteiger partial charge in [-0.15, -0.1) is 0 Å². The van der Waals surface area contributed by atoms with Crippen molar-refractivity contribution in [2.75, 3.05) is 0 Å². The molecule has 0 radical (unpaired) electrons. The Morgan fingerprint density at radius 3 is 2.87 bits per heavy atom. The Labute approximate surface area is 96.9 Å². The number of carbonyl (C=O) groups is 1. The van der Waals surface area contributed by atoms with Gasteiger partial charge in [-0.1, -0.05) is 22.0 Å². The van der Waals surface area contributed by atoms with Crippen LogP contribution in [0.1, 0.15) is 12.5 Å². The number of nitrogens with one attached hydrogen (secondary N) is 1. The highest BCUT2D eigenvalue weighted by atomic mass is 79.9. The Hall–Kier alpha value is -1.07. The van der Waals surface area contributed by atoms with Crippen molar-refractivity contribution in [2.24, 2.45) is 5.84 Å². The SMILES string of the molecule is Cc1ccc(Br)cc1OC(C)C(=O)NN. The van der Waals surface area contributed by atoms with E-state index < -0.39 is 6.10 Å². The third-order valence-corrected chi connectivity index (χ3v) is 2.46. The Balaban J connectivity index is 2.80. The molecular formula is C10H13BrN2O2. The van der Waals surface area contributed by atoms with Gasteiger partial charge in [0.1, 0.15) is 5.75 Å². The molecule has 1 atom stereocenters. The van der Waals surface area contributed by atoms with Crippen molar-refractivity contribution in [1.29, 1.82) is 0 Å². The number of hydrogen-bond acceptors (Lipinski definition) is 3. The largest absolute Gasteiger partial charge is 0.481 e. The molecule has 0 bridgehead atoms. The van der Waals surface area contributed by atoms with E-state index in [0.29, 0.717) is 5.75 Å². The zero-order valence-corrected chi connectivity index (χ0v) is 10.2. The second-order valence-electron chi connectivity index (χ2n) is 3.18. The zero-order chi connectivity index (χ0) is 11.4. The first-order valence-electron chi connectivity index (χ1n) is 4.48. The lowest BCUT2D eigenvalue weighted by Crippen LogP contribution is -2.40. The minimum absolute atomic E-state index is 0.352. The molecule has 15 heavy (non-hydrogen) atoms. The molecule has 0 aromatic heterocycles. The molecule has 0 heterocycles. The van der Waals surface area contributed by atoms with E-state index in [1.807, 2.05) is 30.5 Å². The van der Waals surface area contributed by atoms with Crippen LogP contribution in [0, 0.1) is 6.92 Å². The third-order valence-electron chi connectivity index (χ3n) is 1.97. The van der Waals surface area contributed by atoms with Crippen LogP contribution < -0.4 is 16.0 Å². The van der Waals surface area contributed by atoms with Gasteiger partial charge in [-0.05, 0) is 31.5 Å². The number of halogens is 1. The van der Waals surface area contributed by atoms with E-state index in [1.165, 1.54) is 0 Å². The maximum absolute atomic E-state index is 11.1. The van der Waals surface area contributed by atoms with Gasteiger partial charge in [0, 0.05) is 4.47 Å². The molecule has 0 fully saturated rings. The number of hydrogen-bond donors (Lipinski definition) is 2. The quantitative estimate of drug-likeness (QED) is 0.498. The fourth-order valence-electron chi connectivity index (χ4n) is 1.06. The smallest absolute Gasteiger partial charge is 0.274 e. The highest BCUT2D eigenvalue weighted by Gasteiger charge is 2.14. The molecule has 1 rings (SSSR count). The summed E-state index contributed by atoms with van der Waals surface area (Å²) in [6.07, 6.45) is -0.608. The Morgan fingerprint density at radius 2 is 2.27 bits per heavy atom. The summed E-state index contributed by atoms with van der Waals surface area (Å²) >= 11 is 3.34. The van der Waals surface area contributed by atoms with Crippen LogP contribution in [0.15, 0.2) is 22.7 Å². The van der Waals surface area contributed by atoms with Gasteiger partial charge >= 0.3 is 0 Å². The maximum Gasteiger partial charge on any atom is 0.274 e. The Bertz CT molecular complexity index is 368. The van der Waals surface area contributed by atoms with Crippen LogP contribution in [0.25, 0.3) is 0 Å². The predicted molar refractivity (Wildman–Crippen MR) is 61.3 cm³/mol. The summed E-state index contributed by atoms with van der Waals surface area (Å²) < 4.78 is 6.36. The number of nitrogens with two attached hydrogens (primary N) is 1. The van der Waals surface area contributed by atoms with Crippen molar-refractivity contribution < 1.29 is 9.53 Å². The summed E-state index contributed by atoms with van der Waals surface area (Å²) in [5.74, 6) is 5.32. The molecule has 82 valence electrons. The number of benzene rings is 1. The average molecular weight is 273 g/mol. The maximum atomic E-state index is 11.1. The number of ether oxygens (including phenoxy) is 1. The Kier molecular flexibility index (Phi) is 4.11. The predicted octanol–water partition coefficient (Wildman–Crippen LogP) is 1.51. The second kappa shape index (κ2) is 5.14. The fourth-order valence-corrected chi connectivity index (χ4v) is 1.40. The topological polar surface area (TPSA) is 64.3 Å². The van der Waals surface area contributed by atoms with E-state index in [4.69, 9.17) is 10.6 Å². The van der Waals surface area contributed by atoms with E-state index in [9.17, 15) is 4.79 Å². The minimum atomic E-state index is -0.608. The summed E-state index contributed by atoms with van der Waals surface area (Å²) in [6, 6.07) is 5.64. The van der Waals surface area contributed by atoms with Crippen LogP contribution >= 0.6 is 15.9 Å². The lowest BCUT2D eigenvalue weighted by atomic mass is 10.2. The lowest BCUT2D eigenvalue weighted by molar-refractivity contribution is -0.127. The van der Waals surface area contributed by atoms with Crippen molar-refractivity contribution in [3.8, 4) is 5.75 Å². The van der Waals surface area contributed by atoms with Crippen LogP contribution in [0.5, 0.6) is 5.75 Å². The molecule has 5 heteroatoms. The number of rotatable bonds is 3. The van der Waals surface area contributed by atoms with Crippen LogP contribution in [0.2, 0.25) is 0 Å². The molecule has 0 saturated heterocycles. The molecule has 0 aliphatic rings. The van der Waals surface area contributed by atoms with Crippen molar-refractivity contribution >= 4 is 21.8 Å². The molecule has 0 aliphatic carbocycles. The summed E-state index contributed by atoms with van der Waals surface area (Å²) in [5.41, 5.74) is 3.01. The van der Waals surface area contributed by atoms with E-state index in [-0.39, 0.29) is 5.91 Å². The van der Waals surface area contributed by atoms with Crippen molar-refractivity contribution in [1.82, 2.24) is 5.43 Å². The van der Waals surface area contributed by atoms with E-state index >= 15 is 0 Å². The number of aryl methyl sites for hydroxylation is 1. The minimum Gasteiger partial charge on any atom is -0.481 e. The summed E-state index contributed by atoms with van der Waals surface area (Å²) in [6.45, 7) is 3.55. The molecule has 1 amide bonds. The van der Waals surface area contributed by atoms with E-state index in [2.05, 4.69) is 15.9 Å². The van der Waals surface area contributed by atoms with Gasteiger partial charge < -0.3 is 4.74 Å². The standard InChI is InChI=1S/C10H13BrN2O2/c1-6-3-4-8(11)5-9(6)15-7(2)10(14)13-12/h3-5,7H,12H2,1-2H3,(H,13,14). The first kappa shape index (κ1) is 12.0. The van der Waals surface area contributed by atoms with Crippen LogP contribution in [0.4, 0.5) is 0 Å². The Morgan fingerprint density at radius 1 is 1.60 bits per heavy atom. The molecule has 0 saturated carbocycles. The van der Waals surface area contributed by atoms with Gasteiger partial charge in [0.15, 0.2) is 6.10 Å². The third kappa shape index (κ3) is 3.21. The molecule has 1 aromatic carbocycles. The highest BCUT2D eigenvalue weighted by Crippen LogP contribution is 2.23. The van der Waals surface area contributed by atoms with Gasteiger partial charge in [0.05, 0.1) is 0 Å². The molecule has 0 aliphatic heterocycles. The number of carbonyl (C=O) groups excluding carboxylic acids is 1. The number of amides is 1. The van der Waals surface area contributed by atoms with E-state index in [1.54, 1.807) is 6.92 Å². The van der Waals surface area contributed by atoms with Crippen LogP contribution in [0.3, 0.4) is 0 Å². The molecule has 1 aromatic rings. The molecule has 0 spiro atoms. The summed E-state index contributed by atoms with van der Waals surface area (Å²) in [4.78, 5) is 11.1. The fraction of sp³-hybridized carbons (Fsp3) is 0.300. The van der Waals surface area contributed by atoms with Crippen molar-refractivity contribution in [2.45, 2.75) is 20.0 Å².